The number of benzene rings is 1. The molecule has 3 heteroatoms. The Morgan fingerprint density at radius 1 is 1.26 bits per heavy atom. The van der Waals surface area contributed by atoms with Crippen LogP contribution in [0.3, 0.4) is 0 Å². The zero-order valence-electron chi connectivity index (χ0n) is 11.6. The Morgan fingerprint density at radius 3 is 3.16 bits per heavy atom. The summed E-state index contributed by atoms with van der Waals surface area (Å²) in [6.07, 6.45) is 5.35. The molecule has 0 bridgehead atoms. The molecule has 3 rings (SSSR count). The van der Waals surface area contributed by atoms with E-state index >= 15 is 0 Å². The van der Waals surface area contributed by atoms with Gasteiger partial charge in [-0.3, -0.25) is 0 Å². The van der Waals surface area contributed by atoms with E-state index in [9.17, 15) is 0 Å². The zero-order chi connectivity index (χ0) is 12.9. The van der Waals surface area contributed by atoms with E-state index in [1.165, 1.54) is 42.4 Å². The predicted molar refractivity (Wildman–Crippen MR) is 77.2 cm³/mol. The number of rotatable bonds is 4. The van der Waals surface area contributed by atoms with Crippen LogP contribution >= 0.6 is 0 Å². The van der Waals surface area contributed by atoms with Crippen LogP contribution in [0.1, 0.15) is 36.0 Å². The van der Waals surface area contributed by atoms with Crippen molar-refractivity contribution in [2.75, 3.05) is 19.7 Å². The normalized spacial score (nSPS) is 23.1. The van der Waals surface area contributed by atoms with Crippen molar-refractivity contribution in [3.63, 3.8) is 0 Å². The smallest absolute Gasteiger partial charge is 0.0699 e. The van der Waals surface area contributed by atoms with Gasteiger partial charge in [0.25, 0.3) is 0 Å². The summed E-state index contributed by atoms with van der Waals surface area (Å²) in [5, 5.41) is 6.97. The molecule has 1 aromatic carbocycles. The summed E-state index contributed by atoms with van der Waals surface area (Å²) in [5.74, 6) is 0. The van der Waals surface area contributed by atoms with Crippen LogP contribution in [0, 0.1) is 0 Å². The van der Waals surface area contributed by atoms with Crippen LogP contribution in [0.2, 0.25) is 0 Å². The Morgan fingerprint density at radius 2 is 2.26 bits per heavy atom. The third kappa shape index (κ3) is 3.56. The van der Waals surface area contributed by atoms with Gasteiger partial charge in [-0.15, -0.1) is 0 Å². The molecule has 1 saturated heterocycles. The molecule has 2 heterocycles. The van der Waals surface area contributed by atoms with Gasteiger partial charge in [0.1, 0.15) is 0 Å². The first kappa shape index (κ1) is 13.1. The van der Waals surface area contributed by atoms with Crippen LogP contribution in [0.25, 0.3) is 0 Å². The average molecular weight is 260 g/mol. The molecule has 0 radical (unpaired) electrons. The van der Waals surface area contributed by atoms with Gasteiger partial charge in [0.15, 0.2) is 0 Å². The molecule has 19 heavy (non-hydrogen) atoms. The Hall–Kier alpha value is -0.900. The van der Waals surface area contributed by atoms with Crippen molar-refractivity contribution in [3.05, 3.63) is 34.9 Å². The van der Waals surface area contributed by atoms with Gasteiger partial charge in [0.05, 0.1) is 6.10 Å². The molecule has 2 aliphatic rings. The maximum Gasteiger partial charge on any atom is 0.0699 e. The molecular weight excluding hydrogens is 236 g/mol. The lowest BCUT2D eigenvalue weighted by Gasteiger charge is -2.23. The van der Waals surface area contributed by atoms with Crippen LogP contribution in [0.4, 0.5) is 0 Å². The first-order valence-electron chi connectivity index (χ1n) is 7.55. The SMILES string of the molecule is c1cc2c(cc1CNCC1CCCCO1)CNCC2. The summed E-state index contributed by atoms with van der Waals surface area (Å²) < 4.78 is 5.73. The fourth-order valence-corrected chi connectivity index (χ4v) is 2.99. The fourth-order valence-electron chi connectivity index (χ4n) is 2.99. The monoisotopic (exact) mass is 260 g/mol. The van der Waals surface area contributed by atoms with Crippen molar-refractivity contribution in [1.82, 2.24) is 10.6 Å². The van der Waals surface area contributed by atoms with E-state index in [2.05, 4.69) is 28.8 Å². The Bertz CT molecular complexity index is 413. The van der Waals surface area contributed by atoms with Crippen LogP contribution < -0.4 is 10.6 Å². The first-order valence-corrected chi connectivity index (χ1v) is 7.55. The summed E-state index contributed by atoms with van der Waals surface area (Å²) in [5.41, 5.74) is 4.37. The third-order valence-electron chi connectivity index (χ3n) is 4.13. The molecule has 1 aromatic rings. The third-order valence-corrected chi connectivity index (χ3v) is 4.13. The highest BCUT2D eigenvalue weighted by atomic mass is 16.5. The van der Waals surface area contributed by atoms with E-state index in [-0.39, 0.29) is 0 Å². The van der Waals surface area contributed by atoms with E-state index in [0.717, 1.165) is 32.8 Å². The highest BCUT2D eigenvalue weighted by Gasteiger charge is 2.13. The molecule has 0 aliphatic carbocycles. The number of hydrogen-bond acceptors (Lipinski definition) is 3. The van der Waals surface area contributed by atoms with Crippen molar-refractivity contribution >= 4 is 0 Å². The molecule has 1 atom stereocenters. The number of fused-ring (bicyclic) bond motifs is 1. The van der Waals surface area contributed by atoms with Crippen molar-refractivity contribution in [2.24, 2.45) is 0 Å². The molecule has 1 fully saturated rings. The fraction of sp³-hybridized carbons (Fsp3) is 0.625. The Balaban J connectivity index is 1.49. The minimum atomic E-state index is 0.424. The maximum atomic E-state index is 5.73. The minimum absolute atomic E-state index is 0.424. The summed E-state index contributed by atoms with van der Waals surface area (Å²) in [6, 6.07) is 6.90. The van der Waals surface area contributed by atoms with Crippen LogP contribution in [0.5, 0.6) is 0 Å². The molecule has 0 spiro atoms. The van der Waals surface area contributed by atoms with Crippen molar-refractivity contribution < 1.29 is 4.74 Å². The molecule has 2 aliphatic heterocycles. The molecular formula is C16H24N2O. The first-order chi connectivity index (χ1) is 9.42. The van der Waals surface area contributed by atoms with Gasteiger partial charge in [-0.05, 0) is 48.9 Å². The predicted octanol–water partition coefficient (Wildman–Crippen LogP) is 1.99. The summed E-state index contributed by atoms with van der Waals surface area (Å²) in [7, 11) is 0. The Labute approximate surface area is 115 Å². The van der Waals surface area contributed by atoms with Gasteiger partial charge < -0.3 is 15.4 Å². The molecule has 104 valence electrons. The molecule has 1 unspecified atom stereocenters. The highest BCUT2D eigenvalue weighted by molar-refractivity contribution is 5.33. The lowest BCUT2D eigenvalue weighted by Crippen LogP contribution is -2.31. The van der Waals surface area contributed by atoms with E-state index in [1.54, 1.807) is 0 Å². The quantitative estimate of drug-likeness (QED) is 0.868. The second-order valence-electron chi connectivity index (χ2n) is 5.65. The molecule has 0 amide bonds. The second kappa shape index (κ2) is 6.51. The lowest BCUT2D eigenvalue weighted by atomic mass is 9.98. The zero-order valence-corrected chi connectivity index (χ0v) is 11.6. The summed E-state index contributed by atoms with van der Waals surface area (Å²) in [6.45, 7) is 5.01. The minimum Gasteiger partial charge on any atom is -0.377 e. The van der Waals surface area contributed by atoms with Gasteiger partial charge in [0.2, 0.25) is 0 Å². The number of ether oxygens (including phenoxy) is 1. The molecule has 2 N–H and O–H groups in total. The van der Waals surface area contributed by atoms with E-state index in [0.29, 0.717) is 6.10 Å². The van der Waals surface area contributed by atoms with Gasteiger partial charge >= 0.3 is 0 Å². The number of nitrogens with one attached hydrogen (secondary N) is 2. The van der Waals surface area contributed by atoms with Gasteiger partial charge in [-0.1, -0.05) is 18.2 Å². The second-order valence-corrected chi connectivity index (χ2v) is 5.65. The Kier molecular flexibility index (Phi) is 4.49. The maximum absolute atomic E-state index is 5.73. The highest BCUT2D eigenvalue weighted by Crippen LogP contribution is 2.16. The average Bonchev–Trinajstić information content (AvgIpc) is 2.48. The van der Waals surface area contributed by atoms with Gasteiger partial charge in [0, 0.05) is 26.2 Å². The van der Waals surface area contributed by atoms with Crippen LogP contribution in [0.15, 0.2) is 18.2 Å². The van der Waals surface area contributed by atoms with Gasteiger partial charge in [-0.2, -0.15) is 0 Å². The summed E-state index contributed by atoms with van der Waals surface area (Å²) >= 11 is 0. The lowest BCUT2D eigenvalue weighted by molar-refractivity contribution is 0.0168. The largest absolute Gasteiger partial charge is 0.377 e. The van der Waals surface area contributed by atoms with Crippen LogP contribution in [-0.2, 0) is 24.2 Å². The number of hydrogen-bond donors (Lipinski definition) is 2. The van der Waals surface area contributed by atoms with E-state index in [4.69, 9.17) is 4.74 Å². The van der Waals surface area contributed by atoms with Gasteiger partial charge in [-0.25, -0.2) is 0 Å². The van der Waals surface area contributed by atoms with E-state index < -0.39 is 0 Å². The molecule has 0 saturated carbocycles. The molecule has 3 nitrogen and oxygen atoms in total. The standard InChI is InChI=1S/C16H24N2O/c1-2-8-19-16(3-1)12-18-10-13-4-5-14-6-7-17-11-15(14)9-13/h4-5,9,16-18H,1-3,6-8,10-12H2. The molecule has 0 aromatic heterocycles. The summed E-state index contributed by atoms with van der Waals surface area (Å²) in [4.78, 5) is 0. The van der Waals surface area contributed by atoms with E-state index in [1.807, 2.05) is 0 Å². The van der Waals surface area contributed by atoms with Crippen LogP contribution in [-0.4, -0.2) is 25.8 Å². The topological polar surface area (TPSA) is 33.3 Å². The van der Waals surface area contributed by atoms with Crippen molar-refractivity contribution in [3.8, 4) is 0 Å². The van der Waals surface area contributed by atoms with Crippen molar-refractivity contribution in [1.29, 1.82) is 0 Å². The van der Waals surface area contributed by atoms with Crippen molar-refractivity contribution in [2.45, 2.75) is 44.9 Å².